The van der Waals surface area contributed by atoms with Crippen molar-refractivity contribution < 1.29 is 34.3 Å². The summed E-state index contributed by atoms with van der Waals surface area (Å²) in [6.45, 7) is 3.91. The molecule has 3 aromatic rings. The standard InChI is InChI=1S/C34H41N5O8/c40-23-24-5-7-25(8-6-24)31-21-30(22-37-17-19-38(20-18-37)28-13-15-29(16-14-28)39(44)45)46-34(47-31)26-9-11-27(12-10-26)35-32(41)3-1-2-4-33(42)36-43/h5-16,30-31,34,40,43H,1-4,17-23H2,(H,35,41)(H,36,42)/t30-,31+,34+/m0/s1. The molecule has 0 radical (unpaired) electrons. The molecule has 47 heavy (non-hydrogen) atoms. The Hall–Kier alpha value is -4.40. The fourth-order valence-corrected chi connectivity index (χ4v) is 5.87. The van der Waals surface area contributed by atoms with Crippen molar-refractivity contribution in [1.82, 2.24) is 10.4 Å². The van der Waals surface area contributed by atoms with Gasteiger partial charge in [-0.2, -0.15) is 0 Å². The summed E-state index contributed by atoms with van der Waals surface area (Å²) in [6.07, 6.45) is 1.13. The molecule has 0 bridgehead atoms. The molecule has 2 aliphatic rings. The van der Waals surface area contributed by atoms with Crippen molar-refractivity contribution >= 4 is 28.9 Å². The van der Waals surface area contributed by atoms with Gasteiger partial charge in [0.25, 0.3) is 5.69 Å². The van der Waals surface area contributed by atoms with Gasteiger partial charge in [0.05, 0.1) is 23.7 Å². The van der Waals surface area contributed by atoms with E-state index >= 15 is 0 Å². The highest BCUT2D eigenvalue weighted by molar-refractivity contribution is 5.90. The first-order valence-electron chi connectivity index (χ1n) is 15.9. The predicted octanol–water partition coefficient (Wildman–Crippen LogP) is 4.46. The van der Waals surface area contributed by atoms with Crippen molar-refractivity contribution in [1.29, 1.82) is 0 Å². The number of aliphatic hydroxyl groups is 1. The lowest BCUT2D eigenvalue weighted by molar-refractivity contribution is -0.384. The number of anilines is 2. The van der Waals surface area contributed by atoms with E-state index in [1.54, 1.807) is 17.6 Å². The number of benzene rings is 3. The first-order chi connectivity index (χ1) is 22.8. The zero-order valence-electron chi connectivity index (χ0n) is 26.1. The second-order valence-electron chi connectivity index (χ2n) is 11.8. The van der Waals surface area contributed by atoms with Crippen molar-refractivity contribution in [3.05, 3.63) is 99.6 Å². The van der Waals surface area contributed by atoms with Gasteiger partial charge in [-0.25, -0.2) is 5.48 Å². The molecule has 4 N–H and O–H groups in total. The van der Waals surface area contributed by atoms with E-state index in [1.165, 1.54) is 12.1 Å². The van der Waals surface area contributed by atoms with Gasteiger partial charge in [-0.05, 0) is 48.2 Å². The summed E-state index contributed by atoms with van der Waals surface area (Å²) in [5, 5.41) is 32.0. The largest absolute Gasteiger partial charge is 0.392 e. The van der Waals surface area contributed by atoms with Gasteiger partial charge in [-0.1, -0.05) is 36.4 Å². The maximum Gasteiger partial charge on any atom is 0.269 e. The van der Waals surface area contributed by atoms with E-state index in [0.29, 0.717) is 31.5 Å². The number of hydrogen-bond donors (Lipinski definition) is 4. The Bertz CT molecular complexity index is 1480. The fourth-order valence-electron chi connectivity index (χ4n) is 5.87. The Morgan fingerprint density at radius 3 is 2.11 bits per heavy atom. The van der Waals surface area contributed by atoms with Crippen molar-refractivity contribution in [3.63, 3.8) is 0 Å². The normalized spacial score (nSPS) is 20.0. The zero-order valence-corrected chi connectivity index (χ0v) is 26.1. The van der Waals surface area contributed by atoms with Gasteiger partial charge in [0.2, 0.25) is 11.8 Å². The molecule has 13 heteroatoms. The molecule has 2 aliphatic heterocycles. The minimum Gasteiger partial charge on any atom is -0.392 e. The van der Waals surface area contributed by atoms with E-state index in [-0.39, 0.29) is 43.3 Å². The van der Waals surface area contributed by atoms with Gasteiger partial charge in [-0.15, -0.1) is 0 Å². The maximum absolute atomic E-state index is 12.4. The molecule has 3 atom stereocenters. The number of unbranched alkanes of at least 4 members (excludes halogenated alkanes) is 1. The molecule has 2 amide bonds. The SMILES string of the molecule is O=C(CCCCC(=O)Nc1ccc([C@@H]2O[C@H](CN3CCN(c4ccc([N+](=O)[O-])cc4)CC3)C[C@H](c3ccc(CO)cc3)O2)cc1)NO. The average molecular weight is 648 g/mol. The fraction of sp³-hybridized carbons (Fsp3) is 0.412. The van der Waals surface area contributed by atoms with E-state index < -0.39 is 17.1 Å². The summed E-state index contributed by atoms with van der Waals surface area (Å²) >= 11 is 0. The molecule has 3 aromatic carbocycles. The maximum atomic E-state index is 12.4. The highest BCUT2D eigenvalue weighted by Crippen LogP contribution is 2.38. The van der Waals surface area contributed by atoms with Crippen LogP contribution in [0.25, 0.3) is 0 Å². The van der Waals surface area contributed by atoms with Crippen LogP contribution in [0.4, 0.5) is 17.1 Å². The number of piperazine rings is 1. The number of ether oxygens (including phenoxy) is 2. The van der Waals surface area contributed by atoms with Crippen molar-refractivity contribution in [2.75, 3.05) is 42.9 Å². The van der Waals surface area contributed by atoms with E-state index in [0.717, 1.165) is 48.6 Å². The van der Waals surface area contributed by atoms with Crippen LogP contribution in [0.3, 0.4) is 0 Å². The molecule has 2 fully saturated rings. The Labute approximate surface area is 273 Å². The summed E-state index contributed by atoms with van der Waals surface area (Å²) in [4.78, 5) is 38.7. The number of nitro benzene ring substituents is 1. The van der Waals surface area contributed by atoms with E-state index in [9.17, 15) is 24.8 Å². The number of carbonyl (C=O) groups is 2. The minimum atomic E-state index is -0.625. The predicted molar refractivity (Wildman–Crippen MR) is 174 cm³/mol. The zero-order chi connectivity index (χ0) is 33.2. The monoisotopic (exact) mass is 647 g/mol. The van der Waals surface area contributed by atoms with Gasteiger partial charge in [0.15, 0.2) is 6.29 Å². The summed E-state index contributed by atoms with van der Waals surface area (Å²) in [7, 11) is 0. The minimum absolute atomic E-state index is 0.0320. The van der Waals surface area contributed by atoms with Gasteiger partial charge in [0, 0.05) is 81.1 Å². The second kappa shape index (κ2) is 16.4. The summed E-state index contributed by atoms with van der Waals surface area (Å²) < 4.78 is 13.0. The van der Waals surface area contributed by atoms with Crippen LogP contribution < -0.4 is 15.7 Å². The molecule has 0 saturated carbocycles. The first-order valence-corrected chi connectivity index (χ1v) is 15.9. The smallest absolute Gasteiger partial charge is 0.269 e. The molecule has 0 aliphatic carbocycles. The van der Waals surface area contributed by atoms with Crippen LogP contribution in [0.1, 0.15) is 61.2 Å². The highest BCUT2D eigenvalue weighted by atomic mass is 16.7. The molecular formula is C34H41N5O8. The molecular weight excluding hydrogens is 606 g/mol. The Morgan fingerprint density at radius 2 is 1.49 bits per heavy atom. The number of carbonyl (C=O) groups excluding carboxylic acids is 2. The molecule has 0 aromatic heterocycles. The summed E-state index contributed by atoms with van der Waals surface area (Å²) in [5.74, 6) is -0.630. The topological polar surface area (TPSA) is 167 Å². The van der Waals surface area contributed by atoms with Crippen molar-refractivity contribution in [2.45, 2.75) is 57.2 Å². The van der Waals surface area contributed by atoms with Crippen LogP contribution in [0, 0.1) is 10.1 Å². The third-order valence-corrected chi connectivity index (χ3v) is 8.52. The van der Waals surface area contributed by atoms with E-state index in [1.807, 2.05) is 48.5 Å². The van der Waals surface area contributed by atoms with Crippen LogP contribution >= 0.6 is 0 Å². The third-order valence-electron chi connectivity index (χ3n) is 8.52. The van der Waals surface area contributed by atoms with E-state index in [4.69, 9.17) is 14.7 Å². The quantitative estimate of drug-likeness (QED) is 0.0900. The van der Waals surface area contributed by atoms with E-state index in [2.05, 4.69) is 15.1 Å². The van der Waals surface area contributed by atoms with Gasteiger partial charge in [-0.3, -0.25) is 29.8 Å². The number of hydrogen-bond acceptors (Lipinski definition) is 10. The van der Waals surface area contributed by atoms with Crippen molar-refractivity contribution in [3.8, 4) is 0 Å². The number of hydroxylamine groups is 1. The lowest BCUT2D eigenvalue weighted by Crippen LogP contribution is -2.49. The van der Waals surface area contributed by atoms with Crippen LogP contribution in [0.5, 0.6) is 0 Å². The molecule has 0 spiro atoms. The number of nitrogens with zero attached hydrogens (tertiary/aromatic N) is 3. The Morgan fingerprint density at radius 1 is 0.851 bits per heavy atom. The van der Waals surface area contributed by atoms with Gasteiger partial charge in [0.1, 0.15) is 0 Å². The lowest BCUT2D eigenvalue weighted by Gasteiger charge is -2.41. The number of rotatable bonds is 13. The van der Waals surface area contributed by atoms with Crippen LogP contribution in [0.15, 0.2) is 72.8 Å². The van der Waals surface area contributed by atoms with Crippen LogP contribution in [-0.2, 0) is 25.7 Å². The summed E-state index contributed by atoms with van der Waals surface area (Å²) in [5.41, 5.74) is 5.93. The lowest BCUT2D eigenvalue weighted by atomic mass is 9.99. The molecule has 2 saturated heterocycles. The summed E-state index contributed by atoms with van der Waals surface area (Å²) in [6, 6.07) is 21.8. The number of aliphatic hydroxyl groups excluding tert-OH is 1. The third kappa shape index (κ3) is 9.56. The second-order valence-corrected chi connectivity index (χ2v) is 11.8. The van der Waals surface area contributed by atoms with Crippen LogP contribution in [0.2, 0.25) is 0 Å². The number of nitro groups is 1. The van der Waals surface area contributed by atoms with Crippen molar-refractivity contribution in [2.24, 2.45) is 0 Å². The highest BCUT2D eigenvalue weighted by Gasteiger charge is 2.34. The molecule has 13 nitrogen and oxygen atoms in total. The molecule has 2 heterocycles. The Balaban J connectivity index is 1.20. The first kappa shape index (κ1) is 33.9. The Kier molecular flexibility index (Phi) is 11.9. The number of nitrogens with one attached hydrogen (secondary N) is 2. The van der Waals surface area contributed by atoms with Gasteiger partial charge >= 0.3 is 0 Å². The van der Waals surface area contributed by atoms with Crippen LogP contribution in [-0.4, -0.2) is 70.8 Å². The molecule has 0 unspecified atom stereocenters. The molecule has 5 rings (SSSR count). The number of amides is 2. The molecule has 250 valence electrons. The van der Waals surface area contributed by atoms with Gasteiger partial charge < -0.3 is 24.8 Å². The average Bonchev–Trinajstić information content (AvgIpc) is 3.10. The number of non-ortho nitro benzene ring substituents is 1.